The molecule has 1 aromatic rings. The van der Waals surface area contributed by atoms with Crippen molar-refractivity contribution in [3.05, 3.63) is 27.8 Å². The van der Waals surface area contributed by atoms with E-state index in [0.717, 1.165) is 0 Å². The number of nitrogens with zero attached hydrogens (tertiary/aromatic N) is 1. The predicted molar refractivity (Wildman–Crippen MR) is 72.5 cm³/mol. The smallest absolute Gasteiger partial charge is 0.283 e. The molecule has 1 heterocycles. The van der Waals surface area contributed by atoms with Crippen molar-refractivity contribution in [2.75, 3.05) is 11.9 Å². The number of amides is 1. The average Bonchev–Trinajstić information content (AvgIpc) is 2.67. The van der Waals surface area contributed by atoms with Gasteiger partial charge in [0.1, 0.15) is 0 Å². The zero-order chi connectivity index (χ0) is 14.0. The summed E-state index contributed by atoms with van der Waals surface area (Å²) in [5, 5.41) is 22.7. The second-order valence-corrected chi connectivity index (χ2v) is 5.88. The third-order valence-electron chi connectivity index (χ3n) is 2.87. The second kappa shape index (κ2) is 5.58. The lowest BCUT2D eigenvalue weighted by atomic mass is 10.1. The first-order valence-corrected chi connectivity index (χ1v) is 6.78. The van der Waals surface area contributed by atoms with Crippen LogP contribution in [0.15, 0.2) is 17.0 Å². The SMILES string of the molecule is CC(CCO)Sc1cc2c(cc1[N+](=O)[O-])CC(=O)N2. The van der Waals surface area contributed by atoms with E-state index >= 15 is 0 Å². The maximum atomic E-state index is 11.3. The second-order valence-electron chi connectivity index (χ2n) is 4.40. The Morgan fingerprint density at radius 3 is 2.95 bits per heavy atom. The summed E-state index contributed by atoms with van der Waals surface area (Å²) in [6.45, 7) is 1.94. The van der Waals surface area contributed by atoms with Crippen LogP contribution in [0.4, 0.5) is 11.4 Å². The predicted octanol–water partition coefficient (Wildman–Crippen LogP) is 1.95. The Bertz CT molecular complexity index is 533. The molecule has 1 aliphatic rings. The van der Waals surface area contributed by atoms with E-state index in [1.54, 1.807) is 6.07 Å². The maximum Gasteiger partial charge on any atom is 0.283 e. The van der Waals surface area contributed by atoms with Crippen molar-refractivity contribution >= 4 is 29.0 Å². The van der Waals surface area contributed by atoms with Crippen molar-refractivity contribution in [2.24, 2.45) is 0 Å². The largest absolute Gasteiger partial charge is 0.396 e. The lowest BCUT2D eigenvalue weighted by molar-refractivity contribution is -0.387. The van der Waals surface area contributed by atoms with Gasteiger partial charge in [0.05, 0.1) is 16.2 Å². The number of nitro benzene ring substituents is 1. The van der Waals surface area contributed by atoms with Crippen molar-refractivity contribution < 1.29 is 14.8 Å². The molecule has 0 saturated carbocycles. The highest BCUT2D eigenvalue weighted by molar-refractivity contribution is 8.00. The van der Waals surface area contributed by atoms with E-state index in [2.05, 4.69) is 5.32 Å². The highest BCUT2D eigenvalue weighted by Gasteiger charge is 2.25. The molecule has 7 heteroatoms. The zero-order valence-electron chi connectivity index (χ0n) is 10.4. The fourth-order valence-electron chi connectivity index (χ4n) is 1.94. The van der Waals surface area contributed by atoms with E-state index in [1.807, 2.05) is 6.92 Å². The van der Waals surface area contributed by atoms with Gasteiger partial charge in [-0.3, -0.25) is 14.9 Å². The van der Waals surface area contributed by atoms with Gasteiger partial charge in [-0.15, -0.1) is 11.8 Å². The van der Waals surface area contributed by atoms with E-state index in [-0.39, 0.29) is 29.9 Å². The van der Waals surface area contributed by atoms with Gasteiger partial charge in [-0.25, -0.2) is 0 Å². The third kappa shape index (κ3) is 3.05. The number of aliphatic hydroxyl groups excluding tert-OH is 1. The van der Waals surface area contributed by atoms with Crippen LogP contribution in [-0.4, -0.2) is 27.8 Å². The first-order chi connectivity index (χ1) is 9.01. The molecule has 0 aliphatic carbocycles. The van der Waals surface area contributed by atoms with Crippen molar-refractivity contribution in [2.45, 2.75) is 29.9 Å². The summed E-state index contributed by atoms with van der Waals surface area (Å²) in [7, 11) is 0. The average molecular weight is 282 g/mol. The van der Waals surface area contributed by atoms with Gasteiger partial charge in [-0.05, 0) is 18.1 Å². The molecule has 0 aromatic heterocycles. The molecule has 1 atom stereocenters. The highest BCUT2D eigenvalue weighted by Crippen LogP contribution is 2.38. The molecule has 0 bridgehead atoms. The summed E-state index contributed by atoms with van der Waals surface area (Å²) in [6, 6.07) is 3.11. The normalized spacial score (nSPS) is 14.9. The molecule has 102 valence electrons. The van der Waals surface area contributed by atoms with E-state index in [1.165, 1.54) is 17.8 Å². The van der Waals surface area contributed by atoms with Crippen molar-refractivity contribution in [1.82, 2.24) is 0 Å². The number of carbonyl (C=O) groups excluding carboxylic acids is 1. The molecule has 0 radical (unpaired) electrons. The maximum absolute atomic E-state index is 11.3. The van der Waals surface area contributed by atoms with Crippen molar-refractivity contribution in [3.63, 3.8) is 0 Å². The van der Waals surface area contributed by atoms with Gasteiger partial charge in [0.2, 0.25) is 5.91 Å². The number of anilines is 1. The summed E-state index contributed by atoms with van der Waals surface area (Å²) in [5.74, 6) is -0.144. The number of carbonyl (C=O) groups is 1. The molecule has 19 heavy (non-hydrogen) atoms. The molecule has 2 N–H and O–H groups in total. The number of thioether (sulfide) groups is 1. The van der Waals surface area contributed by atoms with E-state index in [4.69, 9.17) is 5.11 Å². The molecule has 0 fully saturated rings. The van der Waals surface area contributed by atoms with Gasteiger partial charge in [0, 0.05) is 23.6 Å². The number of hydrogen-bond acceptors (Lipinski definition) is 5. The summed E-state index contributed by atoms with van der Waals surface area (Å²) >= 11 is 1.34. The van der Waals surface area contributed by atoms with Crippen LogP contribution in [0.3, 0.4) is 0 Å². The van der Waals surface area contributed by atoms with Crippen molar-refractivity contribution in [1.29, 1.82) is 0 Å². The van der Waals surface area contributed by atoms with Crippen molar-refractivity contribution in [3.8, 4) is 0 Å². The Morgan fingerprint density at radius 2 is 2.32 bits per heavy atom. The number of benzene rings is 1. The number of fused-ring (bicyclic) bond motifs is 1. The Hall–Kier alpha value is -1.60. The fraction of sp³-hybridized carbons (Fsp3) is 0.417. The molecule has 1 aromatic carbocycles. The van der Waals surface area contributed by atoms with Gasteiger partial charge in [-0.2, -0.15) is 0 Å². The fourth-order valence-corrected chi connectivity index (χ4v) is 3.03. The Labute approximate surface area is 114 Å². The molecular formula is C12H14N2O4S. The summed E-state index contributed by atoms with van der Waals surface area (Å²) in [6.07, 6.45) is 0.749. The van der Waals surface area contributed by atoms with E-state index in [9.17, 15) is 14.9 Å². The van der Waals surface area contributed by atoms with Gasteiger partial charge in [-0.1, -0.05) is 6.92 Å². The molecule has 0 spiro atoms. The number of nitro groups is 1. The summed E-state index contributed by atoms with van der Waals surface area (Å²) in [5.41, 5.74) is 1.33. The Morgan fingerprint density at radius 1 is 1.58 bits per heavy atom. The summed E-state index contributed by atoms with van der Waals surface area (Å²) < 4.78 is 0. The van der Waals surface area contributed by atoms with Crippen LogP contribution >= 0.6 is 11.8 Å². The van der Waals surface area contributed by atoms with Gasteiger partial charge >= 0.3 is 0 Å². The minimum absolute atomic E-state index is 0.0186. The van der Waals surface area contributed by atoms with Crippen LogP contribution in [0.5, 0.6) is 0 Å². The lowest BCUT2D eigenvalue weighted by Gasteiger charge is -2.11. The number of nitrogens with one attached hydrogen (secondary N) is 1. The number of hydrogen-bond donors (Lipinski definition) is 2. The molecule has 1 unspecified atom stereocenters. The number of aliphatic hydroxyl groups is 1. The van der Waals surface area contributed by atoms with Gasteiger partial charge < -0.3 is 10.4 Å². The van der Waals surface area contributed by atoms with E-state index < -0.39 is 4.92 Å². The summed E-state index contributed by atoms with van der Waals surface area (Å²) in [4.78, 5) is 22.5. The van der Waals surface area contributed by atoms with Crippen LogP contribution in [-0.2, 0) is 11.2 Å². The minimum atomic E-state index is -0.433. The molecule has 0 saturated heterocycles. The topological polar surface area (TPSA) is 92.5 Å². The highest BCUT2D eigenvalue weighted by atomic mass is 32.2. The van der Waals surface area contributed by atoms with Crippen LogP contribution < -0.4 is 5.32 Å². The first kappa shape index (κ1) is 13.8. The van der Waals surface area contributed by atoms with Crippen LogP contribution in [0.1, 0.15) is 18.9 Å². The Kier molecular flexibility index (Phi) is 4.06. The first-order valence-electron chi connectivity index (χ1n) is 5.90. The van der Waals surface area contributed by atoms with E-state index in [0.29, 0.717) is 22.6 Å². The van der Waals surface area contributed by atoms with Crippen LogP contribution in [0.2, 0.25) is 0 Å². The third-order valence-corrected chi connectivity index (χ3v) is 4.09. The monoisotopic (exact) mass is 282 g/mol. The molecule has 6 nitrogen and oxygen atoms in total. The zero-order valence-corrected chi connectivity index (χ0v) is 11.2. The molecular weight excluding hydrogens is 268 g/mol. The van der Waals surface area contributed by atoms with Gasteiger partial charge in [0.25, 0.3) is 5.69 Å². The lowest BCUT2D eigenvalue weighted by Crippen LogP contribution is -2.03. The minimum Gasteiger partial charge on any atom is -0.396 e. The molecule has 1 amide bonds. The van der Waals surface area contributed by atoms with Gasteiger partial charge in [0.15, 0.2) is 0 Å². The van der Waals surface area contributed by atoms with Crippen LogP contribution in [0.25, 0.3) is 0 Å². The molecule has 1 aliphatic heterocycles. The quantitative estimate of drug-likeness (QED) is 0.489. The Balaban J connectivity index is 2.33. The van der Waals surface area contributed by atoms with Crippen LogP contribution in [0, 0.1) is 10.1 Å². The number of rotatable bonds is 5. The standard InChI is InChI=1S/C12H14N2O4S/c1-7(2-3-15)19-11-6-9-8(5-12(16)13-9)4-10(11)14(17)18/h4,6-7,15H,2-3,5H2,1H3,(H,13,16). The molecule has 2 rings (SSSR count).